The summed E-state index contributed by atoms with van der Waals surface area (Å²) < 4.78 is 39.1. The van der Waals surface area contributed by atoms with Gasteiger partial charge in [0.25, 0.3) is 0 Å². The quantitative estimate of drug-likeness (QED) is 0.877. The number of halogens is 3. The smallest absolute Gasteiger partial charge is 0.351 e. The zero-order chi connectivity index (χ0) is 16.1. The lowest BCUT2D eigenvalue weighted by Crippen LogP contribution is -2.42. The maximum atomic E-state index is 13.0. The van der Waals surface area contributed by atoms with E-state index in [1.54, 1.807) is 18.2 Å². The summed E-state index contributed by atoms with van der Waals surface area (Å²) in [4.78, 5) is 11.6. The molecular formula is C15H21F3N2O. The predicted octanol–water partition coefficient (Wildman–Crippen LogP) is 3.18. The molecule has 0 aliphatic carbocycles. The standard InChI is InChI=1S/C15H21F3N2O/c1-14(2,3)20-12(21)9-10-19-13(15(16,17)18)11-7-5-4-6-8-11/h4-8,13,19H,9-10H2,1-3H3,(H,20,21). The van der Waals surface area contributed by atoms with Gasteiger partial charge in [0.2, 0.25) is 5.91 Å². The molecule has 0 aliphatic heterocycles. The van der Waals surface area contributed by atoms with E-state index in [1.165, 1.54) is 12.1 Å². The maximum Gasteiger partial charge on any atom is 0.407 e. The van der Waals surface area contributed by atoms with Crippen LogP contribution in [0.15, 0.2) is 30.3 Å². The molecule has 0 saturated heterocycles. The molecule has 6 heteroatoms. The lowest BCUT2D eigenvalue weighted by Gasteiger charge is -2.23. The van der Waals surface area contributed by atoms with Crippen LogP contribution in [-0.4, -0.2) is 24.2 Å². The van der Waals surface area contributed by atoms with Crippen LogP contribution < -0.4 is 10.6 Å². The van der Waals surface area contributed by atoms with Gasteiger partial charge in [-0.3, -0.25) is 4.79 Å². The molecule has 0 aliphatic rings. The molecule has 118 valence electrons. The number of hydrogen-bond donors (Lipinski definition) is 2. The van der Waals surface area contributed by atoms with Crippen molar-refractivity contribution in [3.8, 4) is 0 Å². The third kappa shape index (κ3) is 6.62. The molecule has 2 N–H and O–H groups in total. The zero-order valence-corrected chi connectivity index (χ0v) is 12.4. The average Bonchev–Trinajstić information content (AvgIpc) is 2.32. The van der Waals surface area contributed by atoms with E-state index >= 15 is 0 Å². The minimum atomic E-state index is -4.40. The molecule has 1 amide bonds. The van der Waals surface area contributed by atoms with Crippen molar-refractivity contribution in [1.29, 1.82) is 0 Å². The van der Waals surface area contributed by atoms with Crippen molar-refractivity contribution in [2.45, 2.75) is 44.9 Å². The van der Waals surface area contributed by atoms with E-state index in [0.29, 0.717) is 0 Å². The van der Waals surface area contributed by atoms with Crippen LogP contribution in [0.2, 0.25) is 0 Å². The van der Waals surface area contributed by atoms with Crippen molar-refractivity contribution < 1.29 is 18.0 Å². The minimum Gasteiger partial charge on any atom is -0.351 e. The van der Waals surface area contributed by atoms with E-state index in [4.69, 9.17) is 0 Å². The molecule has 0 spiro atoms. The number of carbonyl (C=O) groups is 1. The second-order valence-electron chi connectivity index (χ2n) is 5.89. The van der Waals surface area contributed by atoms with Gasteiger partial charge in [-0.05, 0) is 26.3 Å². The van der Waals surface area contributed by atoms with Crippen molar-refractivity contribution in [3.63, 3.8) is 0 Å². The highest BCUT2D eigenvalue weighted by Crippen LogP contribution is 2.32. The predicted molar refractivity (Wildman–Crippen MR) is 75.8 cm³/mol. The van der Waals surface area contributed by atoms with E-state index in [-0.39, 0.29) is 30.0 Å². The molecule has 1 unspecified atom stereocenters. The summed E-state index contributed by atoms with van der Waals surface area (Å²) in [5, 5.41) is 5.12. The summed E-state index contributed by atoms with van der Waals surface area (Å²) >= 11 is 0. The van der Waals surface area contributed by atoms with Crippen LogP contribution in [0.3, 0.4) is 0 Å². The summed E-state index contributed by atoms with van der Waals surface area (Å²) in [6.07, 6.45) is -4.40. The van der Waals surface area contributed by atoms with Crippen LogP contribution in [-0.2, 0) is 4.79 Å². The van der Waals surface area contributed by atoms with E-state index in [1.807, 2.05) is 20.8 Å². The summed E-state index contributed by atoms with van der Waals surface area (Å²) in [6, 6.07) is 5.85. The van der Waals surface area contributed by atoms with Gasteiger partial charge < -0.3 is 10.6 Å². The van der Waals surface area contributed by atoms with E-state index in [2.05, 4.69) is 10.6 Å². The van der Waals surface area contributed by atoms with Gasteiger partial charge in [0.05, 0.1) is 0 Å². The first-order valence-corrected chi connectivity index (χ1v) is 6.75. The van der Waals surface area contributed by atoms with Gasteiger partial charge in [-0.15, -0.1) is 0 Å². The fraction of sp³-hybridized carbons (Fsp3) is 0.533. The summed E-state index contributed by atoms with van der Waals surface area (Å²) in [6.45, 7) is 5.42. The summed E-state index contributed by atoms with van der Waals surface area (Å²) in [5.74, 6) is -0.274. The monoisotopic (exact) mass is 302 g/mol. The number of alkyl halides is 3. The third-order valence-electron chi connectivity index (χ3n) is 2.68. The first-order valence-electron chi connectivity index (χ1n) is 6.75. The van der Waals surface area contributed by atoms with Gasteiger partial charge in [-0.25, -0.2) is 0 Å². The fourth-order valence-electron chi connectivity index (χ4n) is 1.88. The Morgan fingerprint density at radius 1 is 1.14 bits per heavy atom. The highest BCUT2D eigenvalue weighted by molar-refractivity contribution is 5.76. The molecule has 1 aromatic rings. The fourth-order valence-corrected chi connectivity index (χ4v) is 1.88. The van der Waals surface area contributed by atoms with Crippen molar-refractivity contribution in [1.82, 2.24) is 10.6 Å². The molecule has 0 fully saturated rings. The van der Waals surface area contributed by atoms with Crippen LogP contribution >= 0.6 is 0 Å². The number of nitrogens with one attached hydrogen (secondary N) is 2. The molecular weight excluding hydrogens is 281 g/mol. The largest absolute Gasteiger partial charge is 0.407 e. The van der Waals surface area contributed by atoms with Gasteiger partial charge in [0.1, 0.15) is 6.04 Å². The second-order valence-corrected chi connectivity index (χ2v) is 5.89. The van der Waals surface area contributed by atoms with Gasteiger partial charge in [-0.2, -0.15) is 13.2 Å². The minimum absolute atomic E-state index is 0.00329. The molecule has 21 heavy (non-hydrogen) atoms. The molecule has 0 saturated carbocycles. The Morgan fingerprint density at radius 3 is 2.19 bits per heavy atom. The SMILES string of the molecule is CC(C)(C)NC(=O)CCNC(c1ccccc1)C(F)(F)F. The molecule has 1 atom stereocenters. The average molecular weight is 302 g/mol. The first-order chi connectivity index (χ1) is 9.59. The highest BCUT2D eigenvalue weighted by Gasteiger charge is 2.40. The molecule has 0 aromatic heterocycles. The van der Waals surface area contributed by atoms with Crippen molar-refractivity contribution in [2.24, 2.45) is 0 Å². The first kappa shape index (κ1) is 17.5. The van der Waals surface area contributed by atoms with Crippen LogP contribution in [0.5, 0.6) is 0 Å². The highest BCUT2D eigenvalue weighted by atomic mass is 19.4. The summed E-state index contributed by atoms with van der Waals surface area (Å²) in [5.41, 5.74) is -0.249. The van der Waals surface area contributed by atoms with Crippen LogP contribution in [0.1, 0.15) is 38.8 Å². The van der Waals surface area contributed by atoms with Gasteiger partial charge >= 0.3 is 6.18 Å². The van der Waals surface area contributed by atoms with E-state index in [9.17, 15) is 18.0 Å². The number of benzene rings is 1. The normalized spacial score (nSPS) is 13.8. The van der Waals surface area contributed by atoms with Crippen LogP contribution in [0.25, 0.3) is 0 Å². The molecule has 0 radical (unpaired) electrons. The van der Waals surface area contributed by atoms with Gasteiger partial charge in [-0.1, -0.05) is 30.3 Å². The van der Waals surface area contributed by atoms with Crippen molar-refractivity contribution in [3.05, 3.63) is 35.9 Å². The Bertz CT molecular complexity index is 452. The van der Waals surface area contributed by atoms with Crippen molar-refractivity contribution in [2.75, 3.05) is 6.54 Å². The molecule has 0 heterocycles. The van der Waals surface area contributed by atoms with Crippen LogP contribution in [0.4, 0.5) is 13.2 Å². The summed E-state index contributed by atoms with van der Waals surface area (Å²) in [7, 11) is 0. The number of hydrogen-bond acceptors (Lipinski definition) is 2. The molecule has 1 aromatic carbocycles. The Labute approximate surface area is 122 Å². The number of rotatable bonds is 5. The maximum absolute atomic E-state index is 13.0. The Hall–Kier alpha value is -1.56. The van der Waals surface area contributed by atoms with Crippen LogP contribution in [0, 0.1) is 0 Å². The lowest BCUT2D eigenvalue weighted by atomic mass is 10.1. The zero-order valence-electron chi connectivity index (χ0n) is 12.4. The molecule has 1 rings (SSSR count). The van der Waals surface area contributed by atoms with Gasteiger partial charge in [0, 0.05) is 18.5 Å². The Morgan fingerprint density at radius 2 is 1.71 bits per heavy atom. The Balaban J connectivity index is 2.59. The van der Waals surface area contributed by atoms with E-state index in [0.717, 1.165) is 0 Å². The molecule has 3 nitrogen and oxygen atoms in total. The molecule has 0 bridgehead atoms. The number of carbonyl (C=O) groups excluding carboxylic acids is 1. The van der Waals surface area contributed by atoms with Crippen molar-refractivity contribution >= 4 is 5.91 Å². The van der Waals surface area contributed by atoms with Gasteiger partial charge in [0.15, 0.2) is 0 Å². The number of amides is 1. The Kier molecular flexibility index (Phi) is 5.78. The second kappa shape index (κ2) is 6.93. The third-order valence-corrected chi connectivity index (χ3v) is 2.68. The van der Waals surface area contributed by atoms with E-state index < -0.39 is 12.2 Å². The topological polar surface area (TPSA) is 41.1 Å². The lowest BCUT2D eigenvalue weighted by molar-refractivity contribution is -0.158.